The van der Waals surface area contributed by atoms with Crippen molar-refractivity contribution in [3.05, 3.63) is 42.0 Å². The molecule has 0 aliphatic rings. The average molecular weight is 303 g/mol. The first-order valence-corrected chi connectivity index (χ1v) is 7.74. The highest BCUT2D eigenvalue weighted by atomic mass is 16.5. The van der Waals surface area contributed by atoms with Gasteiger partial charge in [0.05, 0.1) is 12.7 Å². The maximum atomic E-state index is 10.0. The molecule has 0 spiro atoms. The molecule has 1 unspecified atom stereocenters. The van der Waals surface area contributed by atoms with Crippen molar-refractivity contribution in [1.29, 1.82) is 0 Å². The molecule has 0 heterocycles. The van der Waals surface area contributed by atoms with E-state index in [1.807, 2.05) is 30.3 Å². The number of hydrogen-bond acceptors (Lipinski definition) is 4. The number of rotatable bonds is 8. The van der Waals surface area contributed by atoms with Crippen molar-refractivity contribution in [3.63, 3.8) is 0 Å². The largest absolute Gasteiger partial charge is 0.508 e. The van der Waals surface area contributed by atoms with E-state index in [1.165, 1.54) is 0 Å². The Hall–Kier alpha value is -1.62. The molecule has 2 aromatic carbocycles. The number of aliphatic hydroxyl groups is 1. The topological polar surface area (TPSA) is 61.7 Å². The first-order chi connectivity index (χ1) is 10.6. The van der Waals surface area contributed by atoms with Crippen LogP contribution in [0.3, 0.4) is 0 Å². The van der Waals surface area contributed by atoms with Crippen LogP contribution in [0.4, 0.5) is 0 Å². The van der Waals surface area contributed by atoms with Crippen LogP contribution in [0.5, 0.6) is 5.75 Å². The van der Waals surface area contributed by atoms with Crippen LogP contribution in [0.1, 0.15) is 19.4 Å². The number of phenolic OH excluding ortho intramolecular Hbond substituents is 1. The molecule has 0 amide bonds. The van der Waals surface area contributed by atoms with E-state index >= 15 is 0 Å². The molecule has 4 nitrogen and oxygen atoms in total. The minimum absolute atomic E-state index is 0.275. The van der Waals surface area contributed by atoms with Crippen molar-refractivity contribution in [1.82, 2.24) is 5.32 Å². The van der Waals surface area contributed by atoms with Crippen molar-refractivity contribution < 1.29 is 14.9 Å². The molecule has 1 atom stereocenters. The summed E-state index contributed by atoms with van der Waals surface area (Å²) in [6.45, 7) is 6.07. The lowest BCUT2D eigenvalue weighted by atomic mass is 10.0. The van der Waals surface area contributed by atoms with Crippen molar-refractivity contribution in [3.8, 4) is 5.75 Å². The van der Waals surface area contributed by atoms with Crippen LogP contribution in [0.2, 0.25) is 0 Å². The fourth-order valence-corrected chi connectivity index (χ4v) is 2.37. The van der Waals surface area contributed by atoms with Gasteiger partial charge in [-0.1, -0.05) is 44.2 Å². The molecule has 0 saturated heterocycles. The number of nitrogens with one attached hydrogen (secondary N) is 1. The number of ether oxygens (including phenoxy) is 1. The number of fused-ring (bicyclic) bond motifs is 1. The zero-order valence-electron chi connectivity index (χ0n) is 13.2. The predicted octanol–water partition coefficient (Wildman–Crippen LogP) is 2.67. The van der Waals surface area contributed by atoms with Gasteiger partial charge in [0.2, 0.25) is 0 Å². The number of phenols is 1. The summed E-state index contributed by atoms with van der Waals surface area (Å²) in [6.07, 6.45) is -0.545. The van der Waals surface area contributed by atoms with E-state index in [-0.39, 0.29) is 5.75 Å². The maximum Gasteiger partial charge on any atom is 0.120 e. The molecule has 22 heavy (non-hydrogen) atoms. The number of aliphatic hydroxyl groups excluding tert-OH is 1. The Morgan fingerprint density at radius 1 is 1.09 bits per heavy atom. The molecule has 3 N–H and O–H groups in total. The molecule has 0 radical (unpaired) electrons. The third-order valence-electron chi connectivity index (χ3n) is 3.46. The zero-order chi connectivity index (χ0) is 15.9. The van der Waals surface area contributed by atoms with E-state index in [4.69, 9.17) is 4.74 Å². The fourth-order valence-electron chi connectivity index (χ4n) is 2.37. The summed E-state index contributed by atoms with van der Waals surface area (Å²) in [6, 6.07) is 11.6. The van der Waals surface area contributed by atoms with Gasteiger partial charge in [0.25, 0.3) is 0 Å². The molecular formula is C18H25NO3. The molecule has 0 aromatic heterocycles. The van der Waals surface area contributed by atoms with E-state index in [1.54, 1.807) is 6.07 Å². The Morgan fingerprint density at radius 3 is 2.64 bits per heavy atom. The van der Waals surface area contributed by atoms with E-state index < -0.39 is 6.10 Å². The van der Waals surface area contributed by atoms with Gasteiger partial charge in [-0.3, -0.25) is 0 Å². The molecule has 0 aliphatic carbocycles. The summed E-state index contributed by atoms with van der Waals surface area (Å²) in [5, 5.41) is 25.2. The van der Waals surface area contributed by atoms with Crippen LogP contribution in [-0.2, 0) is 11.3 Å². The minimum atomic E-state index is -0.545. The fraction of sp³-hybridized carbons (Fsp3) is 0.444. The average Bonchev–Trinajstić information content (AvgIpc) is 2.49. The molecule has 2 aromatic rings. The van der Waals surface area contributed by atoms with Crippen LogP contribution in [-0.4, -0.2) is 36.1 Å². The lowest BCUT2D eigenvalue weighted by molar-refractivity contribution is 0.0260. The summed E-state index contributed by atoms with van der Waals surface area (Å²) >= 11 is 0. The van der Waals surface area contributed by atoms with Crippen molar-refractivity contribution in [2.24, 2.45) is 5.92 Å². The van der Waals surface area contributed by atoms with E-state index in [2.05, 4.69) is 19.2 Å². The highest BCUT2D eigenvalue weighted by Gasteiger charge is 2.09. The molecule has 0 aliphatic heterocycles. The summed E-state index contributed by atoms with van der Waals surface area (Å²) in [7, 11) is 0. The minimum Gasteiger partial charge on any atom is -0.508 e. The Bertz CT molecular complexity index is 598. The number of hydrogen-bond donors (Lipinski definition) is 3. The molecule has 0 saturated carbocycles. The molecule has 120 valence electrons. The Kier molecular flexibility index (Phi) is 6.19. The van der Waals surface area contributed by atoms with Crippen molar-refractivity contribution in [2.75, 3.05) is 19.8 Å². The van der Waals surface area contributed by atoms with E-state index in [9.17, 15) is 10.2 Å². The second-order valence-corrected chi connectivity index (χ2v) is 6.00. The lowest BCUT2D eigenvalue weighted by Gasteiger charge is -2.15. The number of aromatic hydroxyl groups is 1. The molecule has 0 fully saturated rings. The smallest absolute Gasteiger partial charge is 0.120 e. The van der Waals surface area contributed by atoms with Gasteiger partial charge in [-0.05, 0) is 22.8 Å². The van der Waals surface area contributed by atoms with Crippen LogP contribution < -0.4 is 5.32 Å². The lowest BCUT2D eigenvalue weighted by Crippen LogP contribution is -2.30. The van der Waals surface area contributed by atoms with Crippen LogP contribution >= 0.6 is 0 Å². The Labute approximate surface area is 131 Å². The van der Waals surface area contributed by atoms with Gasteiger partial charge in [0, 0.05) is 25.3 Å². The van der Waals surface area contributed by atoms with Crippen molar-refractivity contribution >= 4 is 10.8 Å². The van der Waals surface area contributed by atoms with Crippen LogP contribution in [0.25, 0.3) is 10.8 Å². The molecule has 0 bridgehead atoms. The second-order valence-electron chi connectivity index (χ2n) is 6.00. The SMILES string of the molecule is CC(C)COCC(O)CNCc1c(O)ccc2ccccc12. The maximum absolute atomic E-state index is 10.0. The van der Waals surface area contributed by atoms with Gasteiger partial charge in [-0.15, -0.1) is 0 Å². The van der Waals surface area contributed by atoms with Gasteiger partial charge < -0.3 is 20.3 Å². The van der Waals surface area contributed by atoms with Crippen LogP contribution in [0.15, 0.2) is 36.4 Å². The monoisotopic (exact) mass is 303 g/mol. The van der Waals surface area contributed by atoms with Crippen molar-refractivity contribution in [2.45, 2.75) is 26.5 Å². The van der Waals surface area contributed by atoms with E-state index in [0.29, 0.717) is 32.2 Å². The third kappa shape index (κ3) is 4.70. The standard InChI is InChI=1S/C18H25NO3/c1-13(2)11-22-12-15(20)9-19-10-17-16-6-4-3-5-14(16)7-8-18(17)21/h3-8,13,15,19-21H,9-12H2,1-2H3. The van der Waals surface area contributed by atoms with Gasteiger partial charge in [0.15, 0.2) is 0 Å². The Morgan fingerprint density at radius 2 is 1.86 bits per heavy atom. The first-order valence-electron chi connectivity index (χ1n) is 7.74. The van der Waals surface area contributed by atoms with E-state index in [0.717, 1.165) is 16.3 Å². The predicted molar refractivity (Wildman–Crippen MR) is 89.0 cm³/mol. The van der Waals surface area contributed by atoms with Gasteiger partial charge in [0.1, 0.15) is 5.75 Å². The van der Waals surface area contributed by atoms with Crippen LogP contribution in [0, 0.1) is 5.92 Å². The summed E-state index contributed by atoms with van der Waals surface area (Å²) < 4.78 is 5.41. The Balaban J connectivity index is 1.88. The normalized spacial score (nSPS) is 12.9. The first kappa shape index (κ1) is 16.7. The summed E-state index contributed by atoms with van der Waals surface area (Å²) in [4.78, 5) is 0. The summed E-state index contributed by atoms with van der Waals surface area (Å²) in [5.41, 5.74) is 0.855. The zero-order valence-corrected chi connectivity index (χ0v) is 13.2. The third-order valence-corrected chi connectivity index (χ3v) is 3.46. The highest BCUT2D eigenvalue weighted by Crippen LogP contribution is 2.26. The van der Waals surface area contributed by atoms with Gasteiger partial charge in [-0.25, -0.2) is 0 Å². The molecular weight excluding hydrogens is 278 g/mol. The summed E-state index contributed by atoms with van der Waals surface area (Å²) in [5.74, 6) is 0.740. The molecule has 4 heteroatoms. The molecule has 2 rings (SSSR count). The van der Waals surface area contributed by atoms with Gasteiger partial charge >= 0.3 is 0 Å². The second kappa shape index (κ2) is 8.13. The highest BCUT2D eigenvalue weighted by molar-refractivity contribution is 5.87. The quantitative estimate of drug-likeness (QED) is 0.701. The van der Waals surface area contributed by atoms with Gasteiger partial charge in [-0.2, -0.15) is 0 Å². The number of benzene rings is 2.